The lowest BCUT2D eigenvalue weighted by atomic mass is 10.1. The Balaban J connectivity index is 3.36. The minimum atomic E-state index is -0.609. The molecule has 0 radical (unpaired) electrons. The molecule has 1 rings (SSSR count). The van der Waals surface area contributed by atoms with Crippen LogP contribution in [0.2, 0.25) is 0 Å². The lowest BCUT2D eigenvalue weighted by Crippen LogP contribution is -2.05. The van der Waals surface area contributed by atoms with Crippen LogP contribution in [0.3, 0.4) is 0 Å². The van der Waals surface area contributed by atoms with Gasteiger partial charge in [0.15, 0.2) is 5.78 Å². The molecule has 0 saturated heterocycles. The fourth-order valence-corrected chi connectivity index (χ4v) is 0.866. The van der Waals surface area contributed by atoms with E-state index in [0.717, 1.165) is 0 Å². The van der Waals surface area contributed by atoms with Crippen LogP contribution < -0.4 is 10.8 Å². The van der Waals surface area contributed by atoms with Crippen molar-refractivity contribution in [3.8, 4) is 11.5 Å². The number of benzene rings is 1. The fourth-order valence-electron chi connectivity index (χ4n) is 0.866. The van der Waals surface area contributed by atoms with Crippen molar-refractivity contribution in [3.05, 3.63) is 17.7 Å². The van der Waals surface area contributed by atoms with Crippen molar-refractivity contribution in [1.29, 1.82) is 0 Å². The van der Waals surface area contributed by atoms with Gasteiger partial charge in [0.25, 0.3) is 0 Å². The molecule has 1 aromatic carbocycles. The van der Waals surface area contributed by atoms with Crippen LogP contribution in [0.15, 0.2) is 12.1 Å². The zero-order valence-electron chi connectivity index (χ0n) is 6.50. The summed E-state index contributed by atoms with van der Waals surface area (Å²) in [5, 5.41) is 20.1. The van der Waals surface area contributed by atoms with Gasteiger partial charge in [0.1, 0.15) is 5.75 Å². The molecular formula is C8H8NO3-. The standard InChI is InChI=1S/C8H9NO3/c1-4(10)5-2-3-6(11)7(9)8(5)12/h2-3,11-12H,9H2,1H3/p-1. The number of hydrogen-bond donors (Lipinski definition) is 2. The van der Waals surface area contributed by atoms with Crippen LogP contribution in [0.1, 0.15) is 17.3 Å². The molecule has 0 aliphatic rings. The fraction of sp³-hybridized carbons (Fsp3) is 0.125. The molecule has 0 bridgehead atoms. The van der Waals surface area contributed by atoms with Gasteiger partial charge >= 0.3 is 0 Å². The summed E-state index contributed by atoms with van der Waals surface area (Å²) < 4.78 is 0. The predicted octanol–water partition coefficient (Wildman–Crippen LogP) is 0.251. The quantitative estimate of drug-likeness (QED) is 0.355. The SMILES string of the molecule is CC(=O)c1ccc(O)c(N)c1[O-]. The Morgan fingerprint density at radius 3 is 2.67 bits per heavy atom. The highest BCUT2D eigenvalue weighted by Crippen LogP contribution is 2.30. The summed E-state index contributed by atoms with van der Waals surface area (Å²) in [7, 11) is 0. The van der Waals surface area contributed by atoms with Crippen molar-refractivity contribution in [3.63, 3.8) is 0 Å². The van der Waals surface area contributed by atoms with Crippen LogP contribution in [0, 0.1) is 0 Å². The molecule has 0 atom stereocenters. The van der Waals surface area contributed by atoms with E-state index >= 15 is 0 Å². The molecule has 0 aliphatic heterocycles. The number of carbonyl (C=O) groups is 1. The molecule has 0 amide bonds. The third-order valence-corrected chi connectivity index (χ3v) is 1.55. The van der Waals surface area contributed by atoms with Crippen LogP contribution in [-0.2, 0) is 0 Å². The normalized spacial score (nSPS) is 9.75. The number of nitrogen functional groups attached to an aromatic ring is 1. The van der Waals surface area contributed by atoms with E-state index in [0.29, 0.717) is 0 Å². The first-order valence-electron chi connectivity index (χ1n) is 3.33. The number of aromatic hydroxyl groups is 1. The van der Waals surface area contributed by atoms with E-state index in [1.165, 1.54) is 19.1 Å². The second-order valence-corrected chi connectivity index (χ2v) is 2.43. The average Bonchev–Trinajstić information content (AvgIpc) is 2.00. The minimum absolute atomic E-state index is 0.00491. The molecule has 0 fully saturated rings. The third-order valence-electron chi connectivity index (χ3n) is 1.55. The van der Waals surface area contributed by atoms with Crippen LogP contribution in [-0.4, -0.2) is 10.9 Å². The van der Waals surface area contributed by atoms with Gasteiger partial charge in [-0.15, -0.1) is 0 Å². The maximum absolute atomic E-state index is 11.1. The summed E-state index contributed by atoms with van der Waals surface area (Å²) in [6.07, 6.45) is 0. The molecule has 0 spiro atoms. The van der Waals surface area contributed by atoms with Gasteiger partial charge in [0.05, 0.1) is 5.69 Å². The molecule has 12 heavy (non-hydrogen) atoms. The molecule has 4 nitrogen and oxygen atoms in total. The molecular weight excluding hydrogens is 158 g/mol. The Morgan fingerprint density at radius 2 is 2.17 bits per heavy atom. The monoisotopic (exact) mass is 166 g/mol. The second kappa shape index (κ2) is 2.73. The summed E-state index contributed by atoms with van der Waals surface area (Å²) in [5.74, 6) is -1.25. The van der Waals surface area contributed by atoms with Gasteiger partial charge in [0.2, 0.25) is 0 Å². The van der Waals surface area contributed by atoms with E-state index in [4.69, 9.17) is 10.8 Å². The highest BCUT2D eigenvalue weighted by molar-refractivity contribution is 5.98. The Bertz CT molecular complexity index is 333. The summed E-state index contributed by atoms with van der Waals surface area (Å²) in [6.45, 7) is 1.27. The Labute approximate surface area is 69.3 Å². The van der Waals surface area contributed by atoms with Crippen LogP contribution in [0.4, 0.5) is 5.69 Å². The maximum atomic E-state index is 11.1. The highest BCUT2D eigenvalue weighted by atomic mass is 16.3. The molecule has 4 heteroatoms. The van der Waals surface area contributed by atoms with E-state index in [1.54, 1.807) is 0 Å². The first kappa shape index (κ1) is 8.39. The number of ketones is 1. The average molecular weight is 166 g/mol. The predicted molar refractivity (Wildman–Crippen MR) is 42.0 cm³/mol. The Morgan fingerprint density at radius 1 is 1.58 bits per heavy atom. The first-order chi connectivity index (χ1) is 5.54. The molecule has 0 saturated carbocycles. The zero-order valence-corrected chi connectivity index (χ0v) is 6.50. The smallest absolute Gasteiger partial charge is 0.159 e. The van der Waals surface area contributed by atoms with Gasteiger partial charge in [-0.1, -0.05) is 5.75 Å². The van der Waals surface area contributed by atoms with Gasteiger partial charge in [0, 0.05) is 5.56 Å². The van der Waals surface area contributed by atoms with Crippen LogP contribution >= 0.6 is 0 Å². The van der Waals surface area contributed by atoms with E-state index in [1.807, 2.05) is 0 Å². The first-order valence-corrected chi connectivity index (χ1v) is 3.33. The lowest BCUT2D eigenvalue weighted by Gasteiger charge is -2.14. The molecule has 3 N–H and O–H groups in total. The van der Waals surface area contributed by atoms with Crippen molar-refractivity contribution < 1.29 is 15.0 Å². The minimum Gasteiger partial charge on any atom is -0.870 e. The van der Waals surface area contributed by atoms with E-state index in [9.17, 15) is 9.90 Å². The van der Waals surface area contributed by atoms with Crippen molar-refractivity contribution in [2.45, 2.75) is 6.92 Å². The maximum Gasteiger partial charge on any atom is 0.159 e. The number of carbonyl (C=O) groups excluding carboxylic acids is 1. The third kappa shape index (κ3) is 1.18. The Hall–Kier alpha value is -1.71. The topological polar surface area (TPSA) is 86.4 Å². The van der Waals surface area contributed by atoms with Crippen molar-refractivity contribution >= 4 is 11.5 Å². The lowest BCUT2D eigenvalue weighted by molar-refractivity contribution is -0.267. The van der Waals surface area contributed by atoms with Crippen LogP contribution in [0.25, 0.3) is 0 Å². The summed E-state index contributed by atoms with van der Waals surface area (Å²) >= 11 is 0. The number of nitrogens with two attached hydrogens (primary N) is 1. The number of rotatable bonds is 1. The molecule has 0 heterocycles. The van der Waals surface area contributed by atoms with Gasteiger partial charge in [-0.2, -0.15) is 0 Å². The Kier molecular flexibility index (Phi) is 1.91. The van der Waals surface area contributed by atoms with E-state index in [-0.39, 0.29) is 22.8 Å². The van der Waals surface area contributed by atoms with Crippen molar-refractivity contribution in [2.75, 3.05) is 5.73 Å². The highest BCUT2D eigenvalue weighted by Gasteiger charge is 2.05. The van der Waals surface area contributed by atoms with Crippen LogP contribution in [0.5, 0.6) is 11.5 Å². The number of anilines is 1. The molecule has 0 unspecified atom stereocenters. The number of phenols is 1. The molecule has 0 aliphatic carbocycles. The molecule has 1 aromatic rings. The van der Waals surface area contributed by atoms with Crippen molar-refractivity contribution in [2.24, 2.45) is 0 Å². The molecule has 64 valence electrons. The summed E-state index contributed by atoms with van der Waals surface area (Å²) in [6, 6.07) is 2.49. The number of hydrogen-bond acceptors (Lipinski definition) is 4. The van der Waals surface area contributed by atoms with Gasteiger partial charge in [-0.3, -0.25) is 4.79 Å². The van der Waals surface area contributed by atoms with Gasteiger partial charge in [-0.25, -0.2) is 0 Å². The van der Waals surface area contributed by atoms with E-state index < -0.39 is 5.75 Å². The second-order valence-electron chi connectivity index (χ2n) is 2.43. The molecule has 0 aromatic heterocycles. The van der Waals surface area contributed by atoms with Gasteiger partial charge in [-0.05, 0) is 19.1 Å². The van der Waals surface area contributed by atoms with E-state index in [2.05, 4.69) is 0 Å². The summed E-state index contributed by atoms with van der Waals surface area (Å²) in [4.78, 5) is 10.8. The van der Waals surface area contributed by atoms with Gasteiger partial charge < -0.3 is 15.9 Å². The largest absolute Gasteiger partial charge is 0.870 e. The van der Waals surface area contributed by atoms with Crippen molar-refractivity contribution in [1.82, 2.24) is 0 Å². The number of Topliss-reactive ketones (excluding diaryl/α,β-unsaturated/α-hetero) is 1. The zero-order chi connectivity index (χ0) is 9.30. The summed E-state index contributed by atoms with van der Waals surface area (Å²) in [5.41, 5.74) is 4.94. The number of phenolic OH excluding ortho intramolecular Hbond substituents is 1.